The number of aromatic hydroxyl groups is 1. The zero-order chi connectivity index (χ0) is 24.2. The first-order valence-electron chi connectivity index (χ1n) is 10.5. The van der Waals surface area contributed by atoms with Gasteiger partial charge in [0.2, 0.25) is 5.16 Å². The SMILES string of the molecule is COc1ccc(O)c(-c2nnc(Sc3ncc(NC(=O)c4ccccc4)s3)n2-c2ccccc2)c1. The Kier molecular flexibility index (Phi) is 6.47. The van der Waals surface area contributed by atoms with E-state index in [4.69, 9.17) is 4.74 Å². The second-order valence-electron chi connectivity index (χ2n) is 7.27. The number of nitrogens with zero attached hydrogens (tertiary/aromatic N) is 4. The molecule has 5 rings (SSSR count). The summed E-state index contributed by atoms with van der Waals surface area (Å²) in [5, 5.41) is 23.4. The third-order valence-corrected chi connectivity index (χ3v) is 6.96. The van der Waals surface area contributed by atoms with E-state index < -0.39 is 0 Å². The number of amides is 1. The molecule has 0 unspecified atom stereocenters. The van der Waals surface area contributed by atoms with E-state index in [0.29, 0.717) is 37.2 Å². The van der Waals surface area contributed by atoms with Gasteiger partial charge in [0.25, 0.3) is 5.91 Å². The molecule has 8 nitrogen and oxygen atoms in total. The Hall–Kier alpha value is -4.15. The molecule has 2 aromatic heterocycles. The maximum atomic E-state index is 12.5. The number of methoxy groups -OCH3 is 1. The van der Waals surface area contributed by atoms with Crippen LogP contribution in [0, 0.1) is 0 Å². The van der Waals surface area contributed by atoms with Crippen molar-refractivity contribution in [1.82, 2.24) is 19.7 Å². The summed E-state index contributed by atoms with van der Waals surface area (Å²) in [6, 6.07) is 23.6. The predicted octanol–water partition coefficient (Wildman–Crippen LogP) is 5.51. The van der Waals surface area contributed by atoms with E-state index in [1.807, 2.05) is 53.1 Å². The monoisotopic (exact) mass is 501 g/mol. The van der Waals surface area contributed by atoms with Crippen LogP contribution in [0.2, 0.25) is 0 Å². The van der Waals surface area contributed by atoms with Crippen molar-refractivity contribution in [1.29, 1.82) is 0 Å². The number of phenolic OH excluding ortho intramolecular Hbond substituents is 1. The van der Waals surface area contributed by atoms with Crippen molar-refractivity contribution < 1.29 is 14.6 Å². The van der Waals surface area contributed by atoms with Crippen molar-refractivity contribution in [3.8, 4) is 28.6 Å². The summed E-state index contributed by atoms with van der Waals surface area (Å²) < 4.78 is 7.86. The Balaban J connectivity index is 1.47. The molecule has 35 heavy (non-hydrogen) atoms. The van der Waals surface area contributed by atoms with Crippen LogP contribution in [0.4, 0.5) is 5.00 Å². The van der Waals surface area contributed by atoms with Crippen molar-refractivity contribution in [2.45, 2.75) is 9.50 Å². The fourth-order valence-electron chi connectivity index (χ4n) is 3.36. The molecule has 0 fully saturated rings. The molecule has 3 aromatic carbocycles. The highest BCUT2D eigenvalue weighted by molar-refractivity contribution is 8.01. The minimum atomic E-state index is -0.200. The van der Waals surface area contributed by atoms with Gasteiger partial charge in [0.1, 0.15) is 16.5 Å². The molecular weight excluding hydrogens is 482 g/mol. The second-order valence-corrected chi connectivity index (χ2v) is 9.52. The number of hydrogen-bond donors (Lipinski definition) is 2. The lowest BCUT2D eigenvalue weighted by molar-refractivity contribution is 0.102. The van der Waals surface area contributed by atoms with Crippen LogP contribution in [0.1, 0.15) is 10.4 Å². The van der Waals surface area contributed by atoms with Crippen LogP contribution < -0.4 is 10.1 Å². The van der Waals surface area contributed by atoms with E-state index in [2.05, 4.69) is 20.5 Å². The molecule has 0 spiro atoms. The third kappa shape index (κ3) is 4.88. The fraction of sp³-hybridized carbons (Fsp3) is 0.0400. The number of benzene rings is 3. The van der Waals surface area contributed by atoms with Gasteiger partial charge in [-0.2, -0.15) is 0 Å². The standard InChI is InChI=1S/C25H19N5O3S2/c1-33-18-12-13-20(31)19(14-18)22-28-29-24(30(22)17-10-6-3-7-11-17)35-25-26-15-21(34-25)27-23(32)16-8-4-2-5-9-16/h2-15,31H,1H3,(H,27,32). The molecule has 0 atom stereocenters. The van der Waals surface area contributed by atoms with Crippen molar-refractivity contribution in [2.75, 3.05) is 12.4 Å². The number of para-hydroxylation sites is 1. The van der Waals surface area contributed by atoms with Gasteiger partial charge in [-0.3, -0.25) is 9.36 Å². The molecule has 0 radical (unpaired) electrons. The van der Waals surface area contributed by atoms with Crippen molar-refractivity contribution in [2.24, 2.45) is 0 Å². The van der Waals surface area contributed by atoms with Crippen molar-refractivity contribution in [3.63, 3.8) is 0 Å². The molecule has 174 valence electrons. The molecule has 0 saturated carbocycles. The topological polar surface area (TPSA) is 102 Å². The molecule has 5 aromatic rings. The summed E-state index contributed by atoms with van der Waals surface area (Å²) in [6.45, 7) is 0. The van der Waals surface area contributed by atoms with Gasteiger partial charge in [-0.15, -0.1) is 10.2 Å². The number of nitrogens with one attached hydrogen (secondary N) is 1. The summed E-state index contributed by atoms with van der Waals surface area (Å²) in [7, 11) is 1.57. The molecule has 10 heteroatoms. The van der Waals surface area contributed by atoms with Gasteiger partial charge in [0.05, 0.1) is 18.9 Å². The van der Waals surface area contributed by atoms with Crippen LogP contribution in [-0.2, 0) is 0 Å². The van der Waals surface area contributed by atoms with E-state index in [0.717, 1.165) is 5.69 Å². The van der Waals surface area contributed by atoms with Gasteiger partial charge in [0, 0.05) is 11.3 Å². The van der Waals surface area contributed by atoms with Gasteiger partial charge >= 0.3 is 0 Å². The molecule has 0 bridgehead atoms. The predicted molar refractivity (Wildman–Crippen MR) is 136 cm³/mol. The molecule has 0 aliphatic heterocycles. The van der Waals surface area contributed by atoms with Gasteiger partial charge in [-0.1, -0.05) is 47.7 Å². The number of thiazole rings is 1. The summed E-state index contributed by atoms with van der Waals surface area (Å²) in [5.41, 5.74) is 1.88. The van der Waals surface area contributed by atoms with Crippen LogP contribution >= 0.6 is 23.1 Å². The Morgan fingerprint density at radius 1 is 1.03 bits per heavy atom. The smallest absolute Gasteiger partial charge is 0.256 e. The molecular formula is C25H19N5O3S2. The van der Waals surface area contributed by atoms with Crippen molar-refractivity contribution in [3.05, 3.63) is 90.6 Å². The average Bonchev–Trinajstić information content (AvgIpc) is 3.52. The van der Waals surface area contributed by atoms with E-state index in [9.17, 15) is 9.90 Å². The van der Waals surface area contributed by atoms with Gasteiger partial charge in [-0.25, -0.2) is 4.98 Å². The van der Waals surface area contributed by atoms with Gasteiger partial charge in [0.15, 0.2) is 10.2 Å². The van der Waals surface area contributed by atoms with Crippen LogP contribution in [-0.4, -0.2) is 37.9 Å². The second kappa shape index (κ2) is 10.00. The molecule has 1 amide bonds. The van der Waals surface area contributed by atoms with Gasteiger partial charge < -0.3 is 15.2 Å². The summed E-state index contributed by atoms with van der Waals surface area (Å²) >= 11 is 2.65. The zero-order valence-corrected chi connectivity index (χ0v) is 20.1. The highest BCUT2D eigenvalue weighted by Crippen LogP contribution is 2.38. The number of ether oxygens (including phenoxy) is 1. The third-order valence-electron chi connectivity index (χ3n) is 5.03. The highest BCUT2D eigenvalue weighted by Gasteiger charge is 2.21. The quantitative estimate of drug-likeness (QED) is 0.303. The Morgan fingerprint density at radius 3 is 2.51 bits per heavy atom. The maximum absolute atomic E-state index is 12.5. The lowest BCUT2D eigenvalue weighted by atomic mass is 10.1. The van der Waals surface area contributed by atoms with Crippen LogP contribution in [0.3, 0.4) is 0 Å². The molecule has 0 saturated heterocycles. The summed E-state index contributed by atoms with van der Waals surface area (Å²) in [5.74, 6) is 0.915. The minimum Gasteiger partial charge on any atom is -0.507 e. The fourth-order valence-corrected chi connectivity index (χ4v) is 5.19. The van der Waals surface area contributed by atoms with E-state index in [1.165, 1.54) is 23.1 Å². The number of carbonyl (C=O) groups is 1. The first-order valence-corrected chi connectivity index (χ1v) is 12.1. The lowest BCUT2D eigenvalue weighted by Crippen LogP contribution is -2.10. The first kappa shape index (κ1) is 22.6. The minimum absolute atomic E-state index is 0.0621. The Labute approximate surface area is 209 Å². The van der Waals surface area contributed by atoms with Crippen LogP contribution in [0.5, 0.6) is 11.5 Å². The number of phenols is 1. The molecule has 0 aliphatic rings. The van der Waals surface area contributed by atoms with Gasteiger partial charge in [-0.05, 0) is 54.2 Å². The Bertz CT molecular complexity index is 1470. The molecule has 0 aliphatic carbocycles. The molecule has 2 N–H and O–H groups in total. The molecule has 2 heterocycles. The number of anilines is 1. The summed E-state index contributed by atoms with van der Waals surface area (Å²) in [6.07, 6.45) is 1.62. The van der Waals surface area contributed by atoms with Crippen molar-refractivity contribution >= 4 is 34.0 Å². The number of carbonyl (C=O) groups excluding carboxylic acids is 1. The highest BCUT2D eigenvalue weighted by atomic mass is 32.2. The van der Waals surface area contributed by atoms with E-state index >= 15 is 0 Å². The summed E-state index contributed by atoms with van der Waals surface area (Å²) in [4.78, 5) is 16.9. The zero-order valence-electron chi connectivity index (χ0n) is 18.5. The normalized spacial score (nSPS) is 10.8. The first-order chi connectivity index (χ1) is 17.1. The number of rotatable bonds is 7. The maximum Gasteiger partial charge on any atom is 0.256 e. The Morgan fingerprint density at radius 2 is 1.77 bits per heavy atom. The number of hydrogen-bond acceptors (Lipinski definition) is 8. The number of aromatic nitrogens is 4. The van der Waals surface area contributed by atoms with E-state index in [1.54, 1.807) is 43.6 Å². The van der Waals surface area contributed by atoms with Crippen LogP contribution in [0.25, 0.3) is 17.1 Å². The largest absolute Gasteiger partial charge is 0.507 e. The van der Waals surface area contributed by atoms with E-state index in [-0.39, 0.29) is 11.7 Å². The van der Waals surface area contributed by atoms with Crippen LogP contribution in [0.15, 0.2) is 94.6 Å². The average molecular weight is 502 g/mol. The lowest BCUT2D eigenvalue weighted by Gasteiger charge is -2.11.